The third-order valence-corrected chi connectivity index (χ3v) is 3.02. The van der Waals surface area contributed by atoms with Crippen LogP contribution in [0.15, 0.2) is 6.20 Å². The summed E-state index contributed by atoms with van der Waals surface area (Å²) in [5.74, 6) is -0.168. The Balaban J connectivity index is 3.33. The molecule has 2 nitrogen and oxygen atoms in total. The monoisotopic (exact) mass is 304 g/mol. The molecule has 1 heterocycles. The molecule has 6 heteroatoms. The standard InChI is InChI=1S/C6H4ClF2IN2/c7-2-1-12-6(11)3(4(2)10)5(8)9/h1,5H,(H2,11,12). The van der Waals surface area contributed by atoms with Crippen molar-refractivity contribution in [1.29, 1.82) is 0 Å². The zero-order valence-electron chi connectivity index (χ0n) is 5.69. The molecule has 0 saturated heterocycles. The van der Waals surface area contributed by atoms with E-state index < -0.39 is 6.43 Å². The summed E-state index contributed by atoms with van der Waals surface area (Å²) in [5.41, 5.74) is 4.95. The number of nitrogen functional groups attached to an aromatic ring is 1. The van der Waals surface area contributed by atoms with E-state index in [9.17, 15) is 8.78 Å². The Labute approximate surface area is 86.3 Å². The fourth-order valence-electron chi connectivity index (χ4n) is 0.701. The van der Waals surface area contributed by atoms with Crippen LogP contribution in [0.1, 0.15) is 12.0 Å². The van der Waals surface area contributed by atoms with Gasteiger partial charge in [-0.05, 0) is 22.6 Å². The van der Waals surface area contributed by atoms with Crippen LogP contribution in [0.5, 0.6) is 0 Å². The number of hydrogen-bond acceptors (Lipinski definition) is 2. The molecule has 0 aliphatic carbocycles. The Bertz CT molecular complexity index is 306. The fourth-order valence-corrected chi connectivity index (χ4v) is 1.50. The van der Waals surface area contributed by atoms with Gasteiger partial charge in [-0.15, -0.1) is 0 Å². The predicted molar refractivity (Wildman–Crippen MR) is 51.3 cm³/mol. The highest BCUT2D eigenvalue weighted by Crippen LogP contribution is 2.32. The Morgan fingerprint density at radius 2 is 2.17 bits per heavy atom. The Kier molecular flexibility index (Phi) is 3.05. The number of nitrogens with zero attached hydrogens (tertiary/aromatic N) is 1. The zero-order valence-corrected chi connectivity index (χ0v) is 8.60. The zero-order chi connectivity index (χ0) is 9.30. The van der Waals surface area contributed by atoms with Gasteiger partial charge in [0, 0.05) is 9.77 Å². The lowest BCUT2D eigenvalue weighted by Gasteiger charge is -2.06. The van der Waals surface area contributed by atoms with Crippen LogP contribution in [0.25, 0.3) is 0 Å². The molecular formula is C6H4ClF2IN2. The summed E-state index contributed by atoms with van der Waals surface area (Å²) in [6, 6.07) is 0. The molecule has 0 saturated carbocycles. The highest BCUT2D eigenvalue weighted by molar-refractivity contribution is 14.1. The number of nitrogens with two attached hydrogens (primary N) is 1. The van der Waals surface area contributed by atoms with Crippen LogP contribution in [0.4, 0.5) is 14.6 Å². The maximum Gasteiger partial charge on any atom is 0.268 e. The second kappa shape index (κ2) is 3.69. The van der Waals surface area contributed by atoms with Crippen LogP contribution >= 0.6 is 34.2 Å². The smallest absolute Gasteiger partial charge is 0.268 e. The van der Waals surface area contributed by atoms with E-state index in [2.05, 4.69) is 4.98 Å². The number of rotatable bonds is 1. The number of halogens is 4. The number of anilines is 1. The van der Waals surface area contributed by atoms with Gasteiger partial charge in [-0.3, -0.25) is 0 Å². The third kappa shape index (κ3) is 1.77. The van der Waals surface area contributed by atoms with Gasteiger partial charge in [0.05, 0.1) is 10.6 Å². The molecule has 0 radical (unpaired) electrons. The maximum atomic E-state index is 12.3. The van der Waals surface area contributed by atoms with Gasteiger partial charge in [-0.2, -0.15) is 0 Å². The molecular weight excluding hydrogens is 300 g/mol. The lowest BCUT2D eigenvalue weighted by atomic mass is 10.3. The van der Waals surface area contributed by atoms with Crippen molar-refractivity contribution in [2.24, 2.45) is 0 Å². The Morgan fingerprint density at radius 3 is 2.58 bits per heavy atom. The topological polar surface area (TPSA) is 38.9 Å². The third-order valence-electron chi connectivity index (χ3n) is 1.26. The van der Waals surface area contributed by atoms with Crippen molar-refractivity contribution in [3.63, 3.8) is 0 Å². The largest absolute Gasteiger partial charge is 0.383 e. The van der Waals surface area contributed by atoms with E-state index in [-0.39, 0.29) is 20.0 Å². The summed E-state index contributed by atoms with van der Waals surface area (Å²) in [5, 5.41) is 0.195. The van der Waals surface area contributed by atoms with Gasteiger partial charge in [-0.25, -0.2) is 13.8 Å². The average Bonchev–Trinajstić information content (AvgIpc) is 1.97. The molecule has 66 valence electrons. The minimum Gasteiger partial charge on any atom is -0.383 e. The molecule has 12 heavy (non-hydrogen) atoms. The van der Waals surface area contributed by atoms with E-state index in [1.54, 1.807) is 22.6 Å². The maximum absolute atomic E-state index is 12.3. The van der Waals surface area contributed by atoms with Crippen molar-refractivity contribution in [1.82, 2.24) is 4.98 Å². The molecule has 1 aromatic rings. The normalized spacial score (nSPS) is 10.8. The first-order valence-corrected chi connectivity index (χ1v) is 4.37. The summed E-state index contributed by atoms with van der Waals surface area (Å²) < 4.78 is 24.8. The summed E-state index contributed by atoms with van der Waals surface area (Å²) >= 11 is 7.28. The van der Waals surface area contributed by atoms with Crippen molar-refractivity contribution in [2.75, 3.05) is 5.73 Å². The first-order chi connectivity index (χ1) is 5.54. The first kappa shape index (κ1) is 9.91. The fraction of sp³-hybridized carbons (Fsp3) is 0.167. The molecule has 0 aromatic carbocycles. The van der Waals surface area contributed by atoms with Crippen molar-refractivity contribution >= 4 is 40.0 Å². The lowest BCUT2D eigenvalue weighted by molar-refractivity contribution is 0.151. The van der Waals surface area contributed by atoms with Crippen molar-refractivity contribution in [2.45, 2.75) is 6.43 Å². The van der Waals surface area contributed by atoms with E-state index in [0.29, 0.717) is 0 Å². The molecule has 0 aliphatic rings. The molecule has 0 bridgehead atoms. The molecule has 0 aliphatic heterocycles. The van der Waals surface area contributed by atoms with Crippen LogP contribution in [0.3, 0.4) is 0 Å². The molecule has 1 aromatic heterocycles. The first-order valence-electron chi connectivity index (χ1n) is 2.91. The summed E-state index contributed by atoms with van der Waals surface area (Å²) in [6.45, 7) is 0. The van der Waals surface area contributed by atoms with Crippen LogP contribution in [0.2, 0.25) is 5.02 Å². The number of hydrogen-bond donors (Lipinski definition) is 1. The van der Waals surface area contributed by atoms with E-state index in [0.717, 1.165) is 0 Å². The summed E-state index contributed by atoms with van der Waals surface area (Å²) in [4.78, 5) is 3.52. The molecule has 0 atom stereocenters. The molecule has 1 rings (SSSR count). The van der Waals surface area contributed by atoms with Crippen LogP contribution < -0.4 is 5.73 Å². The Morgan fingerprint density at radius 1 is 1.58 bits per heavy atom. The second-order valence-electron chi connectivity index (χ2n) is 2.02. The van der Waals surface area contributed by atoms with Gasteiger partial charge in [0.2, 0.25) is 0 Å². The Hall–Kier alpha value is -0.170. The van der Waals surface area contributed by atoms with Gasteiger partial charge >= 0.3 is 0 Å². The van der Waals surface area contributed by atoms with E-state index in [1.807, 2.05) is 0 Å². The molecule has 2 N–H and O–H groups in total. The molecule has 0 spiro atoms. The van der Waals surface area contributed by atoms with Crippen molar-refractivity contribution in [3.8, 4) is 0 Å². The molecule has 0 amide bonds. The van der Waals surface area contributed by atoms with E-state index in [1.165, 1.54) is 6.20 Å². The quantitative estimate of drug-likeness (QED) is 0.810. The predicted octanol–water partition coefficient (Wildman–Crippen LogP) is 2.86. The second-order valence-corrected chi connectivity index (χ2v) is 3.51. The van der Waals surface area contributed by atoms with Crippen molar-refractivity contribution < 1.29 is 8.78 Å². The van der Waals surface area contributed by atoms with Gasteiger partial charge < -0.3 is 5.73 Å². The molecule has 0 unspecified atom stereocenters. The van der Waals surface area contributed by atoms with Crippen LogP contribution in [-0.4, -0.2) is 4.98 Å². The van der Waals surface area contributed by atoms with Gasteiger partial charge in [0.25, 0.3) is 6.43 Å². The van der Waals surface area contributed by atoms with Gasteiger partial charge in [0.15, 0.2) is 0 Å². The lowest BCUT2D eigenvalue weighted by Crippen LogP contribution is -2.01. The highest BCUT2D eigenvalue weighted by Gasteiger charge is 2.18. The summed E-state index contributed by atoms with van der Waals surface area (Å²) in [7, 11) is 0. The van der Waals surface area contributed by atoms with Crippen LogP contribution in [0, 0.1) is 3.57 Å². The molecule has 0 fully saturated rings. The minimum absolute atomic E-state index is 0.168. The van der Waals surface area contributed by atoms with Crippen LogP contribution in [-0.2, 0) is 0 Å². The number of aromatic nitrogens is 1. The van der Waals surface area contributed by atoms with Crippen molar-refractivity contribution in [3.05, 3.63) is 20.4 Å². The van der Waals surface area contributed by atoms with Gasteiger partial charge in [-0.1, -0.05) is 11.6 Å². The number of alkyl halides is 2. The summed E-state index contributed by atoms with van der Waals surface area (Å²) in [6.07, 6.45) is -1.38. The minimum atomic E-state index is -2.64. The average molecular weight is 304 g/mol. The van der Waals surface area contributed by atoms with Gasteiger partial charge in [0.1, 0.15) is 5.82 Å². The highest BCUT2D eigenvalue weighted by atomic mass is 127. The van der Waals surface area contributed by atoms with E-state index in [4.69, 9.17) is 17.3 Å². The number of pyridine rings is 1. The van der Waals surface area contributed by atoms with E-state index >= 15 is 0 Å². The SMILES string of the molecule is Nc1ncc(Cl)c(I)c1C(F)F.